The van der Waals surface area contributed by atoms with Gasteiger partial charge in [-0.15, -0.1) is 0 Å². The van der Waals surface area contributed by atoms with Gasteiger partial charge in [-0.3, -0.25) is 0 Å². The van der Waals surface area contributed by atoms with Crippen LogP contribution >= 0.6 is 11.8 Å². The molecule has 1 aliphatic rings. The molecule has 17 heavy (non-hydrogen) atoms. The van der Waals surface area contributed by atoms with Crippen molar-refractivity contribution in [3.8, 4) is 6.07 Å². The van der Waals surface area contributed by atoms with Crippen LogP contribution in [0.2, 0.25) is 0 Å². The van der Waals surface area contributed by atoms with Gasteiger partial charge < -0.3 is 10.1 Å². The zero-order chi connectivity index (χ0) is 12.9. The molecule has 5 heteroatoms. The van der Waals surface area contributed by atoms with Crippen molar-refractivity contribution >= 4 is 17.9 Å². The largest absolute Gasteiger partial charge is 0.444 e. The average molecular weight is 256 g/mol. The van der Waals surface area contributed by atoms with E-state index in [2.05, 4.69) is 11.4 Å². The maximum atomic E-state index is 11.7. The van der Waals surface area contributed by atoms with Gasteiger partial charge in [0.05, 0.1) is 12.0 Å². The molecule has 1 heterocycles. The van der Waals surface area contributed by atoms with Gasteiger partial charge >= 0.3 is 6.09 Å². The summed E-state index contributed by atoms with van der Waals surface area (Å²) in [5.74, 6) is 1.88. The number of amides is 1. The Morgan fingerprint density at radius 2 is 2.06 bits per heavy atom. The smallest absolute Gasteiger partial charge is 0.407 e. The van der Waals surface area contributed by atoms with Gasteiger partial charge in [-0.25, -0.2) is 4.79 Å². The van der Waals surface area contributed by atoms with Crippen LogP contribution in [0.5, 0.6) is 0 Å². The molecule has 0 unspecified atom stereocenters. The van der Waals surface area contributed by atoms with E-state index in [4.69, 9.17) is 10.00 Å². The van der Waals surface area contributed by atoms with E-state index in [1.54, 1.807) is 0 Å². The summed E-state index contributed by atoms with van der Waals surface area (Å²) in [4.78, 5) is 11.7. The highest BCUT2D eigenvalue weighted by Crippen LogP contribution is 2.22. The molecule has 1 aliphatic heterocycles. The molecular formula is C12H20N2O2S. The highest BCUT2D eigenvalue weighted by atomic mass is 32.2. The molecule has 0 aliphatic carbocycles. The Morgan fingerprint density at radius 3 is 2.65 bits per heavy atom. The summed E-state index contributed by atoms with van der Waals surface area (Å²) < 4.78 is 5.21. The fourth-order valence-corrected chi connectivity index (χ4v) is 2.76. The molecule has 0 spiro atoms. The highest BCUT2D eigenvalue weighted by molar-refractivity contribution is 7.99. The molecule has 0 saturated carbocycles. The van der Waals surface area contributed by atoms with E-state index in [1.165, 1.54) is 0 Å². The van der Waals surface area contributed by atoms with Crippen LogP contribution in [0.25, 0.3) is 0 Å². The predicted molar refractivity (Wildman–Crippen MR) is 68.8 cm³/mol. The lowest BCUT2D eigenvalue weighted by Gasteiger charge is -2.24. The number of nitrogens with zero attached hydrogens (tertiary/aromatic N) is 1. The SMILES string of the molecule is CC(C)(C)OC(=O)N[C@@H]1CCSCC[C@@H]1C#N. The predicted octanol–water partition coefficient (Wildman–Crippen LogP) is 2.55. The van der Waals surface area contributed by atoms with E-state index in [0.717, 1.165) is 24.3 Å². The van der Waals surface area contributed by atoms with E-state index in [1.807, 2.05) is 32.5 Å². The lowest BCUT2D eigenvalue weighted by Crippen LogP contribution is -2.42. The van der Waals surface area contributed by atoms with Crippen LogP contribution in [-0.2, 0) is 4.74 Å². The van der Waals surface area contributed by atoms with E-state index in [-0.39, 0.29) is 12.0 Å². The number of thioether (sulfide) groups is 1. The molecule has 0 bridgehead atoms. The number of carbonyl (C=O) groups excluding carboxylic acids is 1. The van der Waals surface area contributed by atoms with E-state index in [0.29, 0.717) is 0 Å². The van der Waals surface area contributed by atoms with Crippen molar-refractivity contribution in [2.75, 3.05) is 11.5 Å². The minimum atomic E-state index is -0.494. The normalized spacial score (nSPS) is 25.5. The van der Waals surface area contributed by atoms with E-state index in [9.17, 15) is 4.79 Å². The Morgan fingerprint density at radius 1 is 1.41 bits per heavy atom. The van der Waals surface area contributed by atoms with E-state index < -0.39 is 11.7 Å². The zero-order valence-corrected chi connectivity index (χ0v) is 11.5. The maximum Gasteiger partial charge on any atom is 0.407 e. The van der Waals surface area contributed by atoms with Crippen molar-refractivity contribution in [3.63, 3.8) is 0 Å². The molecule has 0 aromatic heterocycles. The van der Waals surface area contributed by atoms with Crippen molar-refractivity contribution < 1.29 is 9.53 Å². The fraction of sp³-hybridized carbons (Fsp3) is 0.833. The molecule has 96 valence electrons. The number of nitrogens with one attached hydrogen (secondary N) is 1. The third kappa shape index (κ3) is 5.31. The van der Waals surface area contributed by atoms with Gasteiger partial charge in [0.25, 0.3) is 0 Å². The first kappa shape index (κ1) is 14.2. The number of rotatable bonds is 1. The van der Waals surface area contributed by atoms with Crippen LogP contribution in [0.15, 0.2) is 0 Å². The number of ether oxygens (including phenoxy) is 1. The Labute approximate surface area is 107 Å². The maximum absolute atomic E-state index is 11.7. The first-order valence-corrected chi connectivity index (χ1v) is 7.05. The Kier molecular flexibility index (Phi) is 5.13. The molecule has 1 N–H and O–H groups in total. The first-order chi connectivity index (χ1) is 7.92. The van der Waals surface area contributed by atoms with Crippen LogP contribution < -0.4 is 5.32 Å². The van der Waals surface area contributed by atoms with Gasteiger partial charge in [0.2, 0.25) is 0 Å². The quantitative estimate of drug-likeness (QED) is 0.783. The number of nitriles is 1. The summed E-state index contributed by atoms with van der Waals surface area (Å²) in [6.45, 7) is 5.49. The summed E-state index contributed by atoms with van der Waals surface area (Å²) in [6, 6.07) is 2.20. The molecule has 4 nitrogen and oxygen atoms in total. The Balaban J connectivity index is 2.53. The van der Waals surface area contributed by atoms with Crippen LogP contribution in [0.4, 0.5) is 4.79 Å². The Bertz CT molecular complexity index is 307. The summed E-state index contributed by atoms with van der Waals surface area (Å²) >= 11 is 1.84. The summed E-state index contributed by atoms with van der Waals surface area (Å²) in [6.07, 6.45) is 1.25. The van der Waals surface area contributed by atoms with Crippen LogP contribution in [0, 0.1) is 17.2 Å². The molecule has 1 saturated heterocycles. The van der Waals surface area contributed by atoms with Crippen molar-refractivity contribution in [2.45, 2.75) is 45.3 Å². The molecular weight excluding hydrogens is 236 g/mol. The lowest BCUT2D eigenvalue weighted by molar-refractivity contribution is 0.0492. The molecule has 0 radical (unpaired) electrons. The second-order valence-corrected chi connectivity index (χ2v) is 6.40. The van der Waals surface area contributed by atoms with E-state index >= 15 is 0 Å². The van der Waals surface area contributed by atoms with Crippen LogP contribution in [-0.4, -0.2) is 29.2 Å². The topological polar surface area (TPSA) is 62.1 Å². The highest BCUT2D eigenvalue weighted by Gasteiger charge is 2.27. The van der Waals surface area contributed by atoms with Gasteiger partial charge in [0.1, 0.15) is 5.60 Å². The summed E-state index contributed by atoms with van der Waals surface area (Å²) in [7, 11) is 0. The minimum absolute atomic E-state index is 0.0788. The third-order valence-corrected chi connectivity index (χ3v) is 3.55. The van der Waals surface area contributed by atoms with Crippen molar-refractivity contribution in [1.29, 1.82) is 5.26 Å². The lowest BCUT2D eigenvalue weighted by atomic mass is 9.97. The van der Waals surface area contributed by atoms with Crippen molar-refractivity contribution in [2.24, 2.45) is 5.92 Å². The molecule has 1 amide bonds. The summed E-state index contributed by atoms with van der Waals surface area (Å²) in [5, 5.41) is 11.9. The van der Waals surface area contributed by atoms with Gasteiger partial charge in [0.15, 0.2) is 0 Å². The monoisotopic (exact) mass is 256 g/mol. The Hall–Kier alpha value is -0.890. The second-order valence-electron chi connectivity index (χ2n) is 5.18. The van der Waals surface area contributed by atoms with Crippen molar-refractivity contribution in [3.05, 3.63) is 0 Å². The number of alkyl carbamates (subject to hydrolysis) is 1. The third-order valence-electron chi connectivity index (χ3n) is 2.50. The number of carbonyl (C=O) groups is 1. The second kappa shape index (κ2) is 6.15. The molecule has 1 fully saturated rings. The summed E-state index contributed by atoms with van der Waals surface area (Å²) in [5.41, 5.74) is -0.494. The molecule has 0 aromatic carbocycles. The van der Waals surface area contributed by atoms with Gasteiger partial charge in [-0.05, 0) is 45.1 Å². The standard InChI is InChI=1S/C12H20N2O2S/c1-12(2,3)16-11(15)14-10-5-7-17-6-4-9(10)8-13/h9-10H,4-7H2,1-3H3,(H,14,15)/t9-,10-/m1/s1. The van der Waals surface area contributed by atoms with Crippen molar-refractivity contribution in [1.82, 2.24) is 5.32 Å². The fourth-order valence-electron chi connectivity index (χ4n) is 1.71. The minimum Gasteiger partial charge on any atom is -0.444 e. The molecule has 0 aromatic rings. The molecule has 2 atom stereocenters. The van der Waals surface area contributed by atoms with Gasteiger partial charge in [0, 0.05) is 6.04 Å². The number of hydrogen-bond donors (Lipinski definition) is 1. The zero-order valence-electron chi connectivity index (χ0n) is 10.7. The first-order valence-electron chi connectivity index (χ1n) is 5.89. The van der Waals surface area contributed by atoms with Gasteiger partial charge in [-0.1, -0.05) is 0 Å². The van der Waals surface area contributed by atoms with Crippen LogP contribution in [0.3, 0.4) is 0 Å². The average Bonchev–Trinajstić information content (AvgIpc) is 2.39. The van der Waals surface area contributed by atoms with Crippen LogP contribution in [0.1, 0.15) is 33.6 Å². The van der Waals surface area contributed by atoms with Gasteiger partial charge in [-0.2, -0.15) is 17.0 Å². The number of hydrogen-bond acceptors (Lipinski definition) is 4. The molecule has 1 rings (SSSR count).